The number of nitrogens with zero attached hydrogens (tertiary/aromatic N) is 2. The van der Waals surface area contributed by atoms with Crippen molar-refractivity contribution in [1.29, 1.82) is 0 Å². The van der Waals surface area contributed by atoms with Crippen molar-refractivity contribution in [3.8, 4) is 23.6 Å². The lowest BCUT2D eigenvalue weighted by Gasteiger charge is -2.29. The van der Waals surface area contributed by atoms with E-state index < -0.39 is 15.6 Å². The van der Waals surface area contributed by atoms with Gasteiger partial charge in [0.2, 0.25) is 10.0 Å². The Balaban J connectivity index is 2.36. The molecule has 1 aromatic carbocycles. The van der Waals surface area contributed by atoms with Crippen molar-refractivity contribution in [3.63, 3.8) is 0 Å². The second-order valence-electron chi connectivity index (χ2n) is 5.45. The summed E-state index contributed by atoms with van der Waals surface area (Å²) in [5.41, 5.74) is 0.550. The van der Waals surface area contributed by atoms with E-state index in [9.17, 15) is 8.42 Å². The van der Waals surface area contributed by atoms with Crippen LogP contribution in [-0.4, -0.2) is 30.3 Å². The highest BCUT2D eigenvalue weighted by Gasteiger charge is 2.32. The summed E-state index contributed by atoms with van der Waals surface area (Å²) in [6.07, 6.45) is 6.94. The molecule has 2 aromatic rings. The predicted octanol–water partition coefficient (Wildman–Crippen LogP) is 2.68. The molecular formula is C16H18N2O3S. The van der Waals surface area contributed by atoms with Crippen LogP contribution in [0.3, 0.4) is 0 Å². The van der Waals surface area contributed by atoms with Gasteiger partial charge in [0.1, 0.15) is 12.0 Å². The van der Waals surface area contributed by atoms with Crippen LogP contribution in [0, 0.1) is 19.3 Å². The smallest absolute Gasteiger partial charge is 0.244 e. The molecule has 5 nitrogen and oxygen atoms in total. The minimum Gasteiger partial charge on any atom is -0.449 e. The van der Waals surface area contributed by atoms with Gasteiger partial charge in [-0.15, -0.1) is 6.42 Å². The van der Waals surface area contributed by atoms with E-state index in [2.05, 4.69) is 10.9 Å². The fourth-order valence-electron chi connectivity index (χ4n) is 1.84. The molecular weight excluding hydrogens is 300 g/mol. The molecule has 0 spiro atoms. The largest absolute Gasteiger partial charge is 0.449 e. The van der Waals surface area contributed by atoms with Gasteiger partial charge in [-0.25, -0.2) is 13.4 Å². The van der Waals surface area contributed by atoms with Crippen molar-refractivity contribution < 1.29 is 12.8 Å². The average molecular weight is 318 g/mol. The molecule has 0 aliphatic heterocycles. The van der Waals surface area contributed by atoms with E-state index in [4.69, 9.17) is 10.8 Å². The number of benzene rings is 1. The SMILES string of the molecule is C#CC(C)(C)N(C)S(=O)(=O)c1ccc(-c2coc(C)n2)cc1. The number of aromatic nitrogens is 1. The molecule has 22 heavy (non-hydrogen) atoms. The fourth-order valence-corrected chi connectivity index (χ4v) is 3.29. The fraction of sp³-hybridized carbons (Fsp3) is 0.312. The van der Waals surface area contributed by atoms with Gasteiger partial charge in [-0.2, -0.15) is 4.31 Å². The minimum absolute atomic E-state index is 0.183. The Morgan fingerprint density at radius 2 is 1.86 bits per heavy atom. The van der Waals surface area contributed by atoms with Gasteiger partial charge in [-0.05, 0) is 26.0 Å². The van der Waals surface area contributed by atoms with E-state index in [1.165, 1.54) is 29.7 Å². The Hall–Kier alpha value is -2.10. The summed E-state index contributed by atoms with van der Waals surface area (Å²) in [7, 11) is -2.18. The van der Waals surface area contributed by atoms with Crippen LogP contribution in [0.5, 0.6) is 0 Å². The van der Waals surface area contributed by atoms with Crippen molar-refractivity contribution in [1.82, 2.24) is 9.29 Å². The molecule has 0 fully saturated rings. The number of oxazole rings is 1. The third-order valence-electron chi connectivity index (χ3n) is 3.57. The third kappa shape index (κ3) is 2.91. The van der Waals surface area contributed by atoms with Gasteiger partial charge >= 0.3 is 0 Å². The normalized spacial score (nSPS) is 12.4. The molecule has 0 radical (unpaired) electrons. The molecule has 0 atom stereocenters. The molecule has 0 aliphatic carbocycles. The number of sulfonamides is 1. The van der Waals surface area contributed by atoms with E-state index in [0.717, 1.165) is 5.56 Å². The molecule has 1 heterocycles. The number of rotatable bonds is 4. The van der Waals surface area contributed by atoms with Gasteiger partial charge in [0, 0.05) is 19.5 Å². The summed E-state index contributed by atoms with van der Waals surface area (Å²) in [6, 6.07) is 6.47. The van der Waals surface area contributed by atoms with E-state index in [1.807, 2.05) is 0 Å². The van der Waals surface area contributed by atoms with Crippen LogP contribution in [0.4, 0.5) is 0 Å². The van der Waals surface area contributed by atoms with Crippen molar-refractivity contribution in [2.45, 2.75) is 31.2 Å². The van der Waals surface area contributed by atoms with Crippen LogP contribution in [0.2, 0.25) is 0 Å². The number of aryl methyl sites for hydroxylation is 1. The summed E-state index contributed by atoms with van der Waals surface area (Å²) in [5.74, 6) is 3.04. The van der Waals surface area contributed by atoms with Crippen LogP contribution >= 0.6 is 0 Å². The summed E-state index contributed by atoms with van der Waals surface area (Å²) in [5, 5.41) is 0. The van der Waals surface area contributed by atoms with E-state index in [1.54, 1.807) is 32.9 Å². The Morgan fingerprint density at radius 3 is 2.32 bits per heavy atom. The van der Waals surface area contributed by atoms with Crippen molar-refractivity contribution in [3.05, 3.63) is 36.4 Å². The maximum absolute atomic E-state index is 12.6. The quantitative estimate of drug-likeness (QED) is 0.813. The van der Waals surface area contributed by atoms with Gasteiger partial charge < -0.3 is 4.42 Å². The van der Waals surface area contributed by atoms with Crippen molar-refractivity contribution in [2.75, 3.05) is 7.05 Å². The molecule has 0 aliphatic rings. The second kappa shape index (κ2) is 5.59. The van der Waals surface area contributed by atoms with Crippen LogP contribution in [0.15, 0.2) is 39.8 Å². The molecule has 6 heteroatoms. The standard InChI is InChI=1S/C16H18N2O3S/c1-6-16(3,4)18(5)22(19,20)14-9-7-13(8-10-14)15-11-21-12(2)17-15/h1,7-11H,2-5H3. The van der Waals surface area contributed by atoms with E-state index in [0.29, 0.717) is 11.6 Å². The molecule has 0 N–H and O–H groups in total. The van der Waals surface area contributed by atoms with Crippen LogP contribution < -0.4 is 0 Å². The second-order valence-corrected chi connectivity index (χ2v) is 7.42. The zero-order valence-electron chi connectivity index (χ0n) is 13.0. The van der Waals surface area contributed by atoms with Gasteiger partial charge in [0.15, 0.2) is 5.89 Å². The molecule has 116 valence electrons. The zero-order valence-corrected chi connectivity index (χ0v) is 13.8. The molecule has 0 unspecified atom stereocenters. The Labute approximate surface area is 131 Å². The number of terminal acetylenes is 1. The van der Waals surface area contributed by atoms with E-state index >= 15 is 0 Å². The number of hydrogen-bond donors (Lipinski definition) is 0. The van der Waals surface area contributed by atoms with Crippen LogP contribution in [-0.2, 0) is 10.0 Å². The highest BCUT2D eigenvalue weighted by atomic mass is 32.2. The average Bonchev–Trinajstić information content (AvgIpc) is 2.93. The molecule has 0 saturated carbocycles. The van der Waals surface area contributed by atoms with Crippen molar-refractivity contribution in [2.24, 2.45) is 0 Å². The lowest BCUT2D eigenvalue weighted by molar-refractivity contribution is 0.340. The molecule has 0 amide bonds. The molecule has 1 aromatic heterocycles. The molecule has 2 rings (SSSR count). The first-order valence-corrected chi connectivity index (χ1v) is 8.12. The molecule has 0 bridgehead atoms. The summed E-state index contributed by atoms with van der Waals surface area (Å²) in [4.78, 5) is 4.39. The van der Waals surface area contributed by atoms with Gasteiger partial charge in [0.25, 0.3) is 0 Å². The topological polar surface area (TPSA) is 63.4 Å². The maximum Gasteiger partial charge on any atom is 0.244 e. The Kier molecular flexibility index (Phi) is 4.14. The Morgan fingerprint density at radius 1 is 1.27 bits per heavy atom. The van der Waals surface area contributed by atoms with Crippen LogP contribution in [0.1, 0.15) is 19.7 Å². The number of hydrogen-bond acceptors (Lipinski definition) is 4. The summed E-state index contributed by atoms with van der Waals surface area (Å²) >= 11 is 0. The van der Waals surface area contributed by atoms with Gasteiger partial charge in [-0.1, -0.05) is 18.1 Å². The molecule has 0 saturated heterocycles. The van der Waals surface area contributed by atoms with Gasteiger partial charge in [0.05, 0.1) is 10.4 Å². The maximum atomic E-state index is 12.6. The third-order valence-corrected chi connectivity index (χ3v) is 5.61. The van der Waals surface area contributed by atoms with E-state index in [-0.39, 0.29) is 4.90 Å². The van der Waals surface area contributed by atoms with Gasteiger partial charge in [-0.3, -0.25) is 0 Å². The highest BCUT2D eigenvalue weighted by molar-refractivity contribution is 7.89. The predicted molar refractivity (Wildman–Crippen MR) is 84.5 cm³/mol. The Bertz CT molecular complexity index is 812. The van der Waals surface area contributed by atoms with Crippen LogP contribution in [0.25, 0.3) is 11.3 Å². The summed E-state index contributed by atoms with van der Waals surface area (Å²) < 4.78 is 31.5. The first-order chi connectivity index (χ1) is 10.2. The zero-order chi connectivity index (χ0) is 16.5. The van der Waals surface area contributed by atoms with Crippen molar-refractivity contribution >= 4 is 10.0 Å². The lowest BCUT2D eigenvalue weighted by Crippen LogP contribution is -2.43. The first-order valence-electron chi connectivity index (χ1n) is 6.68. The first kappa shape index (κ1) is 16.3. The highest BCUT2D eigenvalue weighted by Crippen LogP contribution is 2.25. The monoisotopic (exact) mass is 318 g/mol. The summed E-state index contributed by atoms with van der Waals surface area (Å²) in [6.45, 7) is 5.10. The lowest BCUT2D eigenvalue weighted by atomic mass is 10.1. The minimum atomic E-state index is -3.66.